The van der Waals surface area contributed by atoms with Gasteiger partial charge < -0.3 is 11.1 Å². The summed E-state index contributed by atoms with van der Waals surface area (Å²) in [5.41, 5.74) is 6.49. The molecule has 1 atom stereocenters. The summed E-state index contributed by atoms with van der Waals surface area (Å²) in [6.07, 6.45) is 4.05. The Balaban J connectivity index is 2.72. The van der Waals surface area contributed by atoms with Crippen LogP contribution in [0, 0.1) is 11.3 Å². The second-order valence-corrected chi connectivity index (χ2v) is 6.40. The van der Waals surface area contributed by atoms with E-state index >= 15 is 0 Å². The molecule has 1 aromatic rings. The van der Waals surface area contributed by atoms with Crippen LogP contribution in [0.1, 0.15) is 27.2 Å². The molecule has 0 aromatic carbocycles. The van der Waals surface area contributed by atoms with Crippen LogP contribution in [-0.4, -0.2) is 17.4 Å². The van der Waals surface area contributed by atoms with Crippen molar-refractivity contribution in [2.24, 2.45) is 17.1 Å². The van der Waals surface area contributed by atoms with E-state index < -0.39 is 0 Å². The maximum absolute atomic E-state index is 12.1. The number of pyridine rings is 1. The fraction of sp³-hybridized carbons (Fsp3) is 0.538. The van der Waals surface area contributed by atoms with Crippen LogP contribution < -0.4 is 11.1 Å². The van der Waals surface area contributed by atoms with Gasteiger partial charge >= 0.3 is 0 Å². The minimum atomic E-state index is -0.176. The van der Waals surface area contributed by atoms with Crippen molar-refractivity contribution in [1.29, 1.82) is 0 Å². The fourth-order valence-corrected chi connectivity index (χ4v) is 2.08. The number of aromatic nitrogens is 1. The number of hydrogen-bond donors (Lipinski definition) is 2. The van der Waals surface area contributed by atoms with Crippen molar-refractivity contribution in [3.63, 3.8) is 0 Å². The first-order valence-electron chi connectivity index (χ1n) is 5.94. The van der Waals surface area contributed by atoms with Crippen molar-refractivity contribution in [1.82, 2.24) is 4.98 Å². The molecular formula is C13H20BrN3O. The van der Waals surface area contributed by atoms with Gasteiger partial charge in [0.15, 0.2) is 0 Å². The molecule has 1 amide bonds. The molecule has 4 nitrogen and oxygen atoms in total. The van der Waals surface area contributed by atoms with E-state index in [9.17, 15) is 4.79 Å². The van der Waals surface area contributed by atoms with Crippen molar-refractivity contribution in [2.75, 3.05) is 11.9 Å². The molecule has 0 spiro atoms. The van der Waals surface area contributed by atoms with Crippen LogP contribution in [0.5, 0.6) is 0 Å². The Bertz CT molecular complexity index is 415. The molecule has 0 saturated carbocycles. The van der Waals surface area contributed by atoms with E-state index in [0.717, 1.165) is 16.6 Å². The summed E-state index contributed by atoms with van der Waals surface area (Å²) in [6, 6.07) is 1.76. The zero-order valence-corrected chi connectivity index (χ0v) is 12.6. The average Bonchev–Trinajstić information content (AvgIpc) is 2.27. The number of nitrogens with one attached hydrogen (secondary N) is 1. The van der Waals surface area contributed by atoms with Gasteiger partial charge in [0.1, 0.15) is 0 Å². The molecule has 0 aliphatic carbocycles. The van der Waals surface area contributed by atoms with E-state index in [1.807, 2.05) is 0 Å². The van der Waals surface area contributed by atoms with Gasteiger partial charge in [-0.25, -0.2) is 0 Å². The molecule has 3 N–H and O–H groups in total. The summed E-state index contributed by atoms with van der Waals surface area (Å²) in [5.74, 6) is -0.218. The van der Waals surface area contributed by atoms with Gasteiger partial charge in [0.25, 0.3) is 0 Å². The van der Waals surface area contributed by atoms with Crippen molar-refractivity contribution in [3.05, 3.63) is 22.9 Å². The predicted molar refractivity (Wildman–Crippen MR) is 77.2 cm³/mol. The van der Waals surface area contributed by atoms with Crippen molar-refractivity contribution < 1.29 is 4.79 Å². The van der Waals surface area contributed by atoms with Gasteiger partial charge in [-0.15, -0.1) is 0 Å². The number of rotatable bonds is 4. The van der Waals surface area contributed by atoms with Crippen LogP contribution in [0.25, 0.3) is 0 Å². The van der Waals surface area contributed by atoms with E-state index in [-0.39, 0.29) is 17.2 Å². The van der Waals surface area contributed by atoms with Crippen LogP contribution >= 0.6 is 15.9 Å². The third kappa shape index (κ3) is 4.74. The maximum Gasteiger partial charge on any atom is 0.228 e. The van der Waals surface area contributed by atoms with Gasteiger partial charge in [-0.1, -0.05) is 20.8 Å². The van der Waals surface area contributed by atoms with Gasteiger partial charge in [-0.05, 0) is 33.8 Å². The summed E-state index contributed by atoms with van der Waals surface area (Å²) >= 11 is 3.35. The number of carbonyl (C=O) groups is 1. The summed E-state index contributed by atoms with van der Waals surface area (Å²) in [6.45, 7) is 6.66. The van der Waals surface area contributed by atoms with Gasteiger partial charge in [-0.3, -0.25) is 9.78 Å². The Morgan fingerprint density at radius 3 is 2.72 bits per heavy atom. The monoisotopic (exact) mass is 313 g/mol. The number of carbonyl (C=O) groups excluding carboxylic acids is 1. The van der Waals surface area contributed by atoms with E-state index in [1.54, 1.807) is 18.5 Å². The molecular weight excluding hydrogens is 294 g/mol. The first-order valence-corrected chi connectivity index (χ1v) is 6.73. The van der Waals surface area contributed by atoms with Crippen LogP contribution in [0.15, 0.2) is 22.9 Å². The highest BCUT2D eigenvalue weighted by Gasteiger charge is 2.24. The summed E-state index contributed by atoms with van der Waals surface area (Å²) in [7, 11) is 0. The summed E-state index contributed by atoms with van der Waals surface area (Å²) in [4.78, 5) is 16.1. The third-order valence-electron chi connectivity index (χ3n) is 2.54. The summed E-state index contributed by atoms with van der Waals surface area (Å²) in [5, 5.41) is 2.88. The molecule has 0 aliphatic heterocycles. The number of nitrogens with two attached hydrogens (primary N) is 1. The van der Waals surface area contributed by atoms with Crippen molar-refractivity contribution in [3.8, 4) is 0 Å². The molecule has 100 valence electrons. The number of hydrogen-bond acceptors (Lipinski definition) is 3. The van der Waals surface area contributed by atoms with E-state index in [4.69, 9.17) is 5.73 Å². The highest BCUT2D eigenvalue weighted by Crippen LogP contribution is 2.26. The van der Waals surface area contributed by atoms with Gasteiger partial charge in [0.2, 0.25) is 5.91 Å². The maximum atomic E-state index is 12.1. The normalized spacial score (nSPS) is 13.2. The molecule has 0 bridgehead atoms. The largest absolute Gasteiger partial charge is 0.330 e. The lowest BCUT2D eigenvalue weighted by atomic mass is 9.84. The van der Waals surface area contributed by atoms with Crippen molar-refractivity contribution >= 4 is 27.5 Å². The molecule has 1 unspecified atom stereocenters. The molecule has 5 heteroatoms. The lowest BCUT2D eigenvalue weighted by Crippen LogP contribution is -2.32. The Morgan fingerprint density at radius 2 is 2.22 bits per heavy atom. The zero-order valence-electron chi connectivity index (χ0n) is 11.0. The molecule has 0 aliphatic rings. The molecule has 0 fully saturated rings. The lowest BCUT2D eigenvalue weighted by molar-refractivity contribution is -0.120. The second kappa shape index (κ2) is 6.29. The fourth-order valence-electron chi connectivity index (χ4n) is 1.73. The third-order valence-corrected chi connectivity index (χ3v) is 3.18. The first-order chi connectivity index (χ1) is 8.33. The SMILES string of the molecule is CC(C)(C)CC(CN)C(=O)Nc1ccncc1Br. The lowest BCUT2D eigenvalue weighted by Gasteiger charge is -2.24. The minimum absolute atomic E-state index is 0.0423. The molecule has 1 aromatic heterocycles. The second-order valence-electron chi connectivity index (χ2n) is 5.54. The highest BCUT2D eigenvalue weighted by atomic mass is 79.9. The van der Waals surface area contributed by atoms with Crippen LogP contribution in [0.2, 0.25) is 0 Å². The molecule has 0 radical (unpaired) electrons. The number of amides is 1. The molecule has 1 heterocycles. The number of halogens is 1. The van der Waals surface area contributed by atoms with Gasteiger partial charge in [0, 0.05) is 18.9 Å². The highest BCUT2D eigenvalue weighted by molar-refractivity contribution is 9.10. The quantitative estimate of drug-likeness (QED) is 0.898. The van der Waals surface area contributed by atoms with Gasteiger partial charge in [0.05, 0.1) is 16.1 Å². The summed E-state index contributed by atoms with van der Waals surface area (Å²) < 4.78 is 0.768. The van der Waals surface area contributed by atoms with E-state index in [2.05, 4.69) is 47.0 Å². The van der Waals surface area contributed by atoms with Crippen molar-refractivity contribution in [2.45, 2.75) is 27.2 Å². The Kier molecular flexibility index (Phi) is 5.28. The van der Waals surface area contributed by atoms with Crippen LogP contribution in [-0.2, 0) is 4.79 Å². The predicted octanol–water partition coefficient (Wildman–Crippen LogP) is 2.79. The van der Waals surface area contributed by atoms with Crippen LogP contribution in [0.3, 0.4) is 0 Å². The van der Waals surface area contributed by atoms with E-state index in [1.165, 1.54) is 0 Å². The van der Waals surface area contributed by atoms with E-state index in [0.29, 0.717) is 6.54 Å². The Hall–Kier alpha value is -0.940. The standard InChI is InChI=1S/C13H20BrN3O/c1-13(2,3)6-9(7-15)12(18)17-11-4-5-16-8-10(11)14/h4-5,8-9H,6-7,15H2,1-3H3,(H,16,17,18). The van der Waals surface area contributed by atoms with Crippen LogP contribution in [0.4, 0.5) is 5.69 Å². The Morgan fingerprint density at radius 1 is 1.56 bits per heavy atom. The first kappa shape index (κ1) is 15.1. The Labute approximate surface area is 116 Å². The molecule has 18 heavy (non-hydrogen) atoms. The minimum Gasteiger partial charge on any atom is -0.330 e. The zero-order chi connectivity index (χ0) is 13.8. The topological polar surface area (TPSA) is 68.0 Å². The molecule has 0 saturated heterocycles. The number of anilines is 1. The van der Waals surface area contributed by atoms with Gasteiger partial charge in [-0.2, -0.15) is 0 Å². The smallest absolute Gasteiger partial charge is 0.228 e. The molecule has 1 rings (SSSR count). The number of nitrogens with zero attached hydrogens (tertiary/aromatic N) is 1. The average molecular weight is 314 g/mol.